The van der Waals surface area contributed by atoms with Crippen molar-refractivity contribution in [3.8, 4) is 0 Å². The van der Waals surface area contributed by atoms with Crippen LogP contribution in [0.3, 0.4) is 0 Å². The number of rotatable bonds is 5. The predicted molar refractivity (Wildman–Crippen MR) is 90.8 cm³/mol. The lowest BCUT2D eigenvalue weighted by Crippen LogP contribution is -2.32. The maximum absolute atomic E-state index is 12.2. The van der Waals surface area contributed by atoms with Gasteiger partial charge in [0.15, 0.2) is 0 Å². The van der Waals surface area contributed by atoms with Crippen LogP contribution in [0.2, 0.25) is 0 Å². The van der Waals surface area contributed by atoms with E-state index in [4.69, 9.17) is 9.84 Å². The van der Waals surface area contributed by atoms with Crippen LogP contribution in [0, 0.1) is 0 Å². The zero-order valence-electron chi connectivity index (χ0n) is 13.6. The molecule has 1 aliphatic heterocycles. The molecule has 132 valence electrons. The Hall–Kier alpha value is -2.25. The van der Waals surface area contributed by atoms with Crippen LogP contribution >= 0.6 is 0 Å². The molecular weight excluding hydrogens is 322 g/mol. The fourth-order valence-electron chi connectivity index (χ4n) is 2.88. The van der Waals surface area contributed by atoms with E-state index in [9.17, 15) is 15.0 Å². The van der Waals surface area contributed by atoms with Gasteiger partial charge in [0.25, 0.3) is 5.91 Å². The summed E-state index contributed by atoms with van der Waals surface area (Å²) in [5.74, 6) is -0.198. The molecule has 0 bridgehead atoms. The van der Waals surface area contributed by atoms with Crippen LogP contribution in [0.5, 0.6) is 0 Å². The first-order valence-corrected chi connectivity index (χ1v) is 8.14. The molecule has 6 heteroatoms. The number of ether oxygens (including phenoxy) is 1. The highest BCUT2D eigenvalue weighted by molar-refractivity contribution is 5.94. The molecule has 0 spiro atoms. The second-order valence-corrected chi connectivity index (χ2v) is 6.05. The monoisotopic (exact) mass is 343 g/mol. The first kappa shape index (κ1) is 17.6. The molecule has 25 heavy (non-hydrogen) atoms. The highest BCUT2D eigenvalue weighted by atomic mass is 16.6. The van der Waals surface area contributed by atoms with Gasteiger partial charge in [-0.2, -0.15) is 0 Å². The summed E-state index contributed by atoms with van der Waals surface area (Å²) in [5, 5.41) is 31.8. The lowest BCUT2D eigenvalue weighted by Gasteiger charge is -2.15. The van der Waals surface area contributed by atoms with Crippen molar-refractivity contribution in [2.24, 2.45) is 0 Å². The highest BCUT2D eigenvalue weighted by Gasteiger charge is 2.42. The van der Waals surface area contributed by atoms with Gasteiger partial charge in [-0.25, -0.2) is 0 Å². The van der Waals surface area contributed by atoms with E-state index < -0.39 is 24.4 Å². The molecule has 1 fully saturated rings. The zero-order chi connectivity index (χ0) is 17.8. The fourth-order valence-corrected chi connectivity index (χ4v) is 2.88. The number of aliphatic hydroxyl groups is 3. The number of carbonyl (C=O) groups is 1. The van der Waals surface area contributed by atoms with Crippen molar-refractivity contribution >= 4 is 5.91 Å². The molecule has 0 saturated carbocycles. The minimum Gasteiger partial charge on any atom is -0.394 e. The van der Waals surface area contributed by atoms with E-state index in [1.807, 2.05) is 30.3 Å². The minimum absolute atomic E-state index is 0.198. The van der Waals surface area contributed by atoms with Crippen molar-refractivity contribution in [1.29, 1.82) is 0 Å². The zero-order valence-corrected chi connectivity index (χ0v) is 13.6. The molecule has 2 aromatic rings. The number of hydrogen-bond acceptors (Lipinski definition) is 5. The third-order valence-corrected chi connectivity index (χ3v) is 4.34. The Balaban J connectivity index is 1.63. The SMILES string of the molecule is O=C(NCc1ccccc1)c1ccc([C@@H]2O[C@H](CO)[C@@H](O)[C@H]2O)cc1. The summed E-state index contributed by atoms with van der Waals surface area (Å²) >= 11 is 0. The van der Waals surface area contributed by atoms with Crippen LogP contribution in [-0.4, -0.2) is 46.1 Å². The van der Waals surface area contributed by atoms with Crippen molar-refractivity contribution in [3.63, 3.8) is 0 Å². The van der Waals surface area contributed by atoms with Gasteiger partial charge in [-0.05, 0) is 23.3 Å². The Kier molecular flexibility index (Phi) is 5.45. The standard InChI is InChI=1S/C19H21NO5/c21-11-15-16(22)17(23)18(25-15)13-6-8-14(9-7-13)19(24)20-10-12-4-2-1-3-5-12/h1-9,15-18,21-23H,10-11H2,(H,20,24)/t15-,16-,17-,18+/m1/s1. The number of amides is 1. The first-order chi connectivity index (χ1) is 12.1. The van der Waals surface area contributed by atoms with Gasteiger partial charge in [0.1, 0.15) is 24.4 Å². The molecule has 0 aromatic heterocycles. The van der Waals surface area contributed by atoms with Gasteiger partial charge >= 0.3 is 0 Å². The largest absolute Gasteiger partial charge is 0.394 e. The van der Waals surface area contributed by atoms with Crippen LogP contribution in [0.15, 0.2) is 54.6 Å². The molecule has 6 nitrogen and oxygen atoms in total. The number of hydrogen-bond donors (Lipinski definition) is 4. The molecule has 1 saturated heterocycles. The van der Waals surface area contributed by atoms with E-state index in [0.717, 1.165) is 5.56 Å². The van der Waals surface area contributed by atoms with Crippen LogP contribution in [0.25, 0.3) is 0 Å². The van der Waals surface area contributed by atoms with Crippen LogP contribution in [-0.2, 0) is 11.3 Å². The van der Waals surface area contributed by atoms with Gasteiger partial charge in [-0.3, -0.25) is 4.79 Å². The number of benzene rings is 2. The molecule has 1 amide bonds. The van der Waals surface area contributed by atoms with Gasteiger partial charge in [-0.15, -0.1) is 0 Å². The summed E-state index contributed by atoms with van der Waals surface area (Å²) in [5.41, 5.74) is 2.15. The van der Waals surface area contributed by atoms with Crippen molar-refractivity contribution in [1.82, 2.24) is 5.32 Å². The summed E-state index contributed by atoms with van der Waals surface area (Å²) in [7, 11) is 0. The number of nitrogens with one attached hydrogen (secondary N) is 1. The third kappa shape index (κ3) is 3.88. The summed E-state index contributed by atoms with van der Waals surface area (Å²) in [6.07, 6.45) is -3.79. The van der Waals surface area contributed by atoms with Crippen LogP contribution < -0.4 is 5.32 Å². The van der Waals surface area contributed by atoms with E-state index in [1.165, 1.54) is 0 Å². The summed E-state index contributed by atoms with van der Waals surface area (Å²) in [6, 6.07) is 16.3. The molecule has 0 aliphatic carbocycles. The lowest BCUT2D eigenvalue weighted by molar-refractivity contribution is -0.0227. The summed E-state index contributed by atoms with van der Waals surface area (Å²) in [4.78, 5) is 12.2. The van der Waals surface area contributed by atoms with E-state index in [0.29, 0.717) is 17.7 Å². The van der Waals surface area contributed by atoms with Gasteiger partial charge in [0, 0.05) is 12.1 Å². The molecule has 4 N–H and O–H groups in total. The number of carbonyl (C=O) groups excluding carboxylic acids is 1. The van der Waals surface area contributed by atoms with Gasteiger partial charge in [0.05, 0.1) is 6.61 Å². The van der Waals surface area contributed by atoms with Crippen LogP contribution in [0.1, 0.15) is 27.6 Å². The van der Waals surface area contributed by atoms with Crippen LogP contribution in [0.4, 0.5) is 0 Å². The van der Waals surface area contributed by atoms with Crippen molar-refractivity contribution in [2.75, 3.05) is 6.61 Å². The molecule has 0 radical (unpaired) electrons. The van der Waals surface area contributed by atoms with E-state index in [-0.39, 0.29) is 12.5 Å². The van der Waals surface area contributed by atoms with Gasteiger partial charge in [-0.1, -0.05) is 42.5 Å². The van der Waals surface area contributed by atoms with Crippen molar-refractivity contribution in [3.05, 3.63) is 71.3 Å². The fraction of sp³-hybridized carbons (Fsp3) is 0.316. The first-order valence-electron chi connectivity index (χ1n) is 8.14. The Morgan fingerprint density at radius 3 is 2.28 bits per heavy atom. The Labute approximate surface area is 145 Å². The lowest BCUT2D eigenvalue weighted by atomic mass is 10.0. The third-order valence-electron chi connectivity index (χ3n) is 4.34. The number of aliphatic hydroxyl groups excluding tert-OH is 3. The molecule has 4 atom stereocenters. The smallest absolute Gasteiger partial charge is 0.251 e. The Morgan fingerprint density at radius 1 is 1.00 bits per heavy atom. The van der Waals surface area contributed by atoms with Crippen molar-refractivity contribution in [2.45, 2.75) is 31.0 Å². The summed E-state index contributed by atoms with van der Waals surface area (Å²) in [6.45, 7) is 0.0744. The molecule has 0 unspecified atom stereocenters. The van der Waals surface area contributed by atoms with E-state index in [2.05, 4.69) is 5.32 Å². The quantitative estimate of drug-likeness (QED) is 0.643. The Bertz CT molecular complexity index is 704. The van der Waals surface area contributed by atoms with Gasteiger partial charge < -0.3 is 25.4 Å². The molecule has 1 aliphatic rings. The van der Waals surface area contributed by atoms with Gasteiger partial charge in [0.2, 0.25) is 0 Å². The maximum Gasteiger partial charge on any atom is 0.251 e. The maximum atomic E-state index is 12.2. The van der Waals surface area contributed by atoms with E-state index >= 15 is 0 Å². The van der Waals surface area contributed by atoms with Crippen molar-refractivity contribution < 1.29 is 24.9 Å². The normalized spacial score (nSPS) is 25.7. The second-order valence-electron chi connectivity index (χ2n) is 6.05. The summed E-state index contributed by atoms with van der Waals surface area (Å²) < 4.78 is 5.48. The average Bonchev–Trinajstić information content (AvgIpc) is 2.95. The predicted octanol–water partition coefficient (Wildman–Crippen LogP) is 0.771. The molecule has 3 rings (SSSR count). The second kappa shape index (κ2) is 7.76. The molecule has 2 aromatic carbocycles. The average molecular weight is 343 g/mol. The molecular formula is C19H21NO5. The topological polar surface area (TPSA) is 99.0 Å². The highest BCUT2D eigenvalue weighted by Crippen LogP contribution is 2.33. The van der Waals surface area contributed by atoms with E-state index in [1.54, 1.807) is 24.3 Å². The minimum atomic E-state index is -1.14. The Morgan fingerprint density at radius 2 is 1.68 bits per heavy atom. The molecule has 1 heterocycles.